The van der Waals surface area contributed by atoms with Crippen LogP contribution in [0.2, 0.25) is 0 Å². The fourth-order valence-corrected chi connectivity index (χ4v) is 16.8. The molecule has 51 heavy (non-hydrogen) atoms. The van der Waals surface area contributed by atoms with E-state index in [0.717, 1.165) is 116 Å². The molecule has 0 unspecified atom stereocenters. The third kappa shape index (κ3) is 4.87. The Kier molecular flexibility index (Phi) is 7.89. The van der Waals surface area contributed by atoms with Crippen LogP contribution in [0.25, 0.3) is 0 Å². The Morgan fingerprint density at radius 1 is 0.529 bits per heavy atom. The maximum Gasteiger partial charge on any atom is 0.317 e. The van der Waals surface area contributed by atoms with Crippen LogP contribution in [0, 0.1) is 67.0 Å². The van der Waals surface area contributed by atoms with Crippen LogP contribution < -0.4 is 0 Å². The van der Waals surface area contributed by atoms with E-state index in [4.69, 9.17) is 9.47 Å². The van der Waals surface area contributed by atoms with Crippen molar-refractivity contribution in [1.82, 2.24) is 0 Å². The van der Waals surface area contributed by atoms with Gasteiger partial charge in [-0.2, -0.15) is 0 Å². The highest BCUT2D eigenvalue weighted by molar-refractivity contribution is 5.91. The number of esters is 2. The normalized spacial score (nSPS) is 53.8. The minimum absolute atomic E-state index is 0.0226. The molecule has 8 heteroatoms. The first-order valence-corrected chi connectivity index (χ1v) is 20.6. The van der Waals surface area contributed by atoms with E-state index in [1.165, 1.54) is 0 Å². The summed E-state index contributed by atoms with van der Waals surface area (Å²) in [5, 5.41) is 20.6. The summed E-state index contributed by atoms with van der Waals surface area (Å²) in [4.78, 5) is 52.1. The number of carboxylic acids is 2. The molecule has 0 heterocycles. The SMILES string of the molecule is C[C@]12CC[C@H]3[C@](CC[C@@H]4[C@]3(C)CCC[C@]4(C)C(=O)O)(C[C@@H]1OC(=O)CC(=O)O[C@@H]1C[C@]34CC[C@H]5[C@@](C)(CCC[C@@]5(C)C(=O)O)[C@@H]3CC[C@@]1(C)C4)C2. The summed E-state index contributed by atoms with van der Waals surface area (Å²) in [5.41, 5.74) is -1.53. The van der Waals surface area contributed by atoms with Crippen LogP contribution in [0.4, 0.5) is 0 Å². The maximum absolute atomic E-state index is 13.5. The maximum atomic E-state index is 13.5. The largest absolute Gasteiger partial charge is 0.481 e. The summed E-state index contributed by atoms with van der Waals surface area (Å²) in [7, 11) is 0. The zero-order valence-electron chi connectivity index (χ0n) is 32.2. The van der Waals surface area contributed by atoms with E-state index in [1.54, 1.807) is 0 Å². The number of carbonyl (C=O) groups excluding carboxylic acids is 2. The first-order chi connectivity index (χ1) is 23.8. The van der Waals surface area contributed by atoms with Crippen LogP contribution in [0.3, 0.4) is 0 Å². The van der Waals surface area contributed by atoms with Crippen molar-refractivity contribution in [1.29, 1.82) is 0 Å². The third-order valence-electron chi connectivity index (χ3n) is 19.0. The van der Waals surface area contributed by atoms with Gasteiger partial charge in [-0.05, 0) is 162 Å². The van der Waals surface area contributed by atoms with Crippen LogP contribution in [-0.2, 0) is 28.7 Å². The number of carboxylic acid groups (broad SMARTS) is 2. The molecule has 0 aliphatic heterocycles. The number of rotatable bonds is 6. The molecule has 8 nitrogen and oxygen atoms in total. The van der Waals surface area contributed by atoms with Crippen molar-refractivity contribution in [2.75, 3.05) is 0 Å². The van der Waals surface area contributed by atoms with E-state index in [1.807, 2.05) is 13.8 Å². The standard InChI is InChI=1S/C43H64O8/c1-36-17-9-28-38(3)13-7-15-40(5,34(46)47)26(38)11-19-42(28,24-36)22-30(36)50-32(44)21-33(45)51-31-23-43-20-12-27-39(4,14-8-16-41(27,6)35(48)49)29(43)10-18-37(31,2)25-43/h26-31H,7-25H2,1-6H3,(H,46,47)(H,48,49)/t26-,27+,28-,29+,30+,31-,36-,37+,38+,39-,40+,41-,42-,43+. The highest BCUT2D eigenvalue weighted by Crippen LogP contribution is 2.76. The lowest BCUT2D eigenvalue weighted by molar-refractivity contribution is -0.183. The molecule has 8 aliphatic rings. The molecular weight excluding hydrogens is 644 g/mol. The van der Waals surface area contributed by atoms with Gasteiger partial charge in [-0.3, -0.25) is 19.2 Å². The van der Waals surface area contributed by atoms with Crippen LogP contribution in [-0.4, -0.2) is 46.3 Å². The molecule has 0 radical (unpaired) electrons. The summed E-state index contributed by atoms with van der Waals surface area (Å²) in [6.07, 6.45) is 16.2. The van der Waals surface area contributed by atoms with Crippen LogP contribution in [0.1, 0.15) is 164 Å². The number of ether oxygens (including phenoxy) is 2. The molecule has 0 aromatic carbocycles. The van der Waals surface area contributed by atoms with Crippen LogP contribution >= 0.6 is 0 Å². The van der Waals surface area contributed by atoms with Gasteiger partial charge >= 0.3 is 23.9 Å². The van der Waals surface area contributed by atoms with Gasteiger partial charge in [0.05, 0.1) is 10.8 Å². The van der Waals surface area contributed by atoms with E-state index in [0.29, 0.717) is 11.8 Å². The summed E-state index contributed by atoms with van der Waals surface area (Å²) in [6, 6.07) is 0. The topological polar surface area (TPSA) is 127 Å². The minimum atomic E-state index is -0.676. The molecule has 0 aromatic heterocycles. The van der Waals surface area contributed by atoms with E-state index in [-0.39, 0.29) is 63.0 Å². The predicted octanol–water partition coefficient (Wildman–Crippen LogP) is 8.98. The Balaban J connectivity index is 0.922. The van der Waals surface area contributed by atoms with Gasteiger partial charge in [-0.15, -0.1) is 0 Å². The molecule has 8 aliphatic carbocycles. The Morgan fingerprint density at radius 3 is 1.27 bits per heavy atom. The third-order valence-corrected chi connectivity index (χ3v) is 19.0. The highest BCUT2D eigenvalue weighted by Gasteiger charge is 2.70. The Hall–Kier alpha value is -2.12. The molecule has 0 amide bonds. The number of hydrogen-bond acceptors (Lipinski definition) is 6. The van der Waals surface area contributed by atoms with Crippen LogP contribution in [0.15, 0.2) is 0 Å². The van der Waals surface area contributed by atoms with Gasteiger partial charge in [0.2, 0.25) is 0 Å². The average Bonchev–Trinajstić information content (AvgIpc) is 3.35. The van der Waals surface area contributed by atoms with Gasteiger partial charge in [0.1, 0.15) is 18.6 Å². The smallest absolute Gasteiger partial charge is 0.317 e. The summed E-state index contributed by atoms with van der Waals surface area (Å²) >= 11 is 0. The minimum Gasteiger partial charge on any atom is -0.481 e. The van der Waals surface area contributed by atoms with Crippen molar-refractivity contribution in [3.05, 3.63) is 0 Å². The molecule has 284 valence electrons. The van der Waals surface area contributed by atoms with E-state index in [9.17, 15) is 29.4 Å². The number of aliphatic carboxylic acids is 2. The molecule has 8 rings (SSSR count). The second kappa shape index (κ2) is 11.2. The molecule has 4 bridgehead atoms. The second-order valence-corrected chi connectivity index (χ2v) is 21.5. The zero-order valence-corrected chi connectivity index (χ0v) is 32.2. The lowest BCUT2D eigenvalue weighted by Crippen LogP contribution is -2.58. The first-order valence-electron chi connectivity index (χ1n) is 20.6. The first kappa shape index (κ1) is 35.9. The van der Waals surface area contributed by atoms with Gasteiger partial charge in [0, 0.05) is 10.8 Å². The van der Waals surface area contributed by atoms with Crippen LogP contribution in [0.5, 0.6) is 0 Å². The Morgan fingerprint density at radius 2 is 0.902 bits per heavy atom. The summed E-state index contributed by atoms with van der Waals surface area (Å²) in [6.45, 7) is 13.2. The Bertz CT molecular complexity index is 1410. The number of fused-ring (bicyclic) bond motifs is 6. The van der Waals surface area contributed by atoms with Gasteiger partial charge < -0.3 is 19.7 Å². The average molecular weight is 709 g/mol. The number of carbonyl (C=O) groups is 4. The van der Waals surface area contributed by atoms with Crippen molar-refractivity contribution in [3.8, 4) is 0 Å². The zero-order chi connectivity index (χ0) is 36.6. The second-order valence-electron chi connectivity index (χ2n) is 21.5. The van der Waals surface area contributed by atoms with Crippen molar-refractivity contribution < 1.29 is 38.9 Å². The lowest BCUT2D eigenvalue weighted by Gasteiger charge is -2.63. The molecule has 8 saturated carbocycles. The van der Waals surface area contributed by atoms with Gasteiger partial charge in [-0.1, -0.05) is 40.5 Å². The summed E-state index contributed by atoms with van der Waals surface area (Å²) < 4.78 is 12.6. The molecule has 2 N–H and O–H groups in total. The van der Waals surface area contributed by atoms with Crippen molar-refractivity contribution in [2.45, 2.75) is 176 Å². The highest BCUT2D eigenvalue weighted by atomic mass is 16.6. The molecule has 14 atom stereocenters. The molecule has 2 spiro atoms. The van der Waals surface area contributed by atoms with Gasteiger partial charge in [-0.25, -0.2) is 0 Å². The Labute approximate surface area is 304 Å². The number of hydrogen-bond donors (Lipinski definition) is 2. The molecule has 8 fully saturated rings. The van der Waals surface area contributed by atoms with Crippen molar-refractivity contribution in [3.63, 3.8) is 0 Å². The van der Waals surface area contributed by atoms with E-state index < -0.39 is 34.7 Å². The van der Waals surface area contributed by atoms with E-state index in [2.05, 4.69) is 27.7 Å². The van der Waals surface area contributed by atoms with Gasteiger partial charge in [0.15, 0.2) is 0 Å². The lowest BCUT2D eigenvalue weighted by atomic mass is 9.40. The summed E-state index contributed by atoms with van der Waals surface area (Å²) in [5.74, 6) is -1.05. The fraction of sp³-hybridized carbons (Fsp3) is 0.907. The van der Waals surface area contributed by atoms with Gasteiger partial charge in [0.25, 0.3) is 0 Å². The fourth-order valence-electron chi connectivity index (χ4n) is 16.8. The molecule has 0 aromatic rings. The monoisotopic (exact) mass is 708 g/mol. The predicted molar refractivity (Wildman–Crippen MR) is 190 cm³/mol. The quantitative estimate of drug-likeness (QED) is 0.207. The van der Waals surface area contributed by atoms with E-state index >= 15 is 0 Å². The molecular formula is C43H64O8. The molecule has 0 saturated heterocycles. The van der Waals surface area contributed by atoms with Crippen molar-refractivity contribution >= 4 is 23.9 Å². The van der Waals surface area contributed by atoms with Crippen molar-refractivity contribution in [2.24, 2.45) is 67.0 Å².